The number of thioether (sulfide) groups is 1. The molecule has 0 aromatic carbocycles. The molecular formula is C25H47N5S. The van der Waals surface area contributed by atoms with Crippen LogP contribution in [-0.2, 0) is 0 Å². The van der Waals surface area contributed by atoms with Crippen LogP contribution in [0.25, 0.3) is 0 Å². The van der Waals surface area contributed by atoms with Crippen molar-refractivity contribution < 1.29 is 0 Å². The third-order valence-electron chi connectivity index (χ3n) is 6.01. The number of nitrogens with one attached hydrogen (secondary N) is 1. The number of hydrogen-bond donors (Lipinski definition) is 2. The Morgan fingerprint density at radius 2 is 1.71 bits per heavy atom. The molecule has 0 amide bonds. The molecule has 31 heavy (non-hydrogen) atoms. The van der Waals surface area contributed by atoms with Gasteiger partial charge >= 0.3 is 0 Å². The summed E-state index contributed by atoms with van der Waals surface area (Å²) in [6.45, 7) is 11.8. The standard InChI is InChI=1S/C25H47N5S/c1-20(2)9-6-10-21(3)11-7-12-22(4)13-8-14-23(5)15-16-31-18-25(27-19-26)24-17-28-30-29-24/h15,17,19-22,25H,6-14,16,18H2,1-5H3,(H2,26,27)(H,28,29,30)/b23-15+. The summed E-state index contributed by atoms with van der Waals surface area (Å²) in [4.78, 5) is 4.30. The van der Waals surface area contributed by atoms with Crippen LogP contribution in [-0.4, -0.2) is 33.3 Å². The second-order valence-electron chi connectivity index (χ2n) is 9.65. The first kappa shape index (κ1) is 27.7. The molecule has 0 aliphatic heterocycles. The molecule has 0 saturated heterocycles. The minimum atomic E-state index is -0.0266. The monoisotopic (exact) mass is 449 g/mol. The van der Waals surface area contributed by atoms with Crippen LogP contribution in [0.2, 0.25) is 0 Å². The lowest BCUT2D eigenvalue weighted by Crippen LogP contribution is -2.03. The van der Waals surface area contributed by atoms with Gasteiger partial charge < -0.3 is 5.73 Å². The van der Waals surface area contributed by atoms with Crippen LogP contribution in [0.1, 0.15) is 104 Å². The summed E-state index contributed by atoms with van der Waals surface area (Å²) in [6, 6.07) is -0.0266. The molecule has 3 atom stereocenters. The Morgan fingerprint density at radius 1 is 1.06 bits per heavy atom. The summed E-state index contributed by atoms with van der Waals surface area (Å²) in [5.74, 6) is 4.46. The third kappa shape index (κ3) is 14.4. The van der Waals surface area contributed by atoms with E-state index in [1.165, 1.54) is 69.7 Å². The fraction of sp³-hybridized carbons (Fsp3) is 0.800. The van der Waals surface area contributed by atoms with Gasteiger partial charge in [-0.25, -0.2) is 0 Å². The van der Waals surface area contributed by atoms with Crippen LogP contribution in [0.5, 0.6) is 0 Å². The number of allylic oxidation sites excluding steroid dienone is 1. The molecule has 5 nitrogen and oxygen atoms in total. The highest BCUT2D eigenvalue weighted by Crippen LogP contribution is 2.23. The highest BCUT2D eigenvalue weighted by Gasteiger charge is 2.12. The zero-order valence-electron chi connectivity index (χ0n) is 20.6. The number of nitrogens with two attached hydrogens (primary N) is 1. The van der Waals surface area contributed by atoms with Crippen LogP contribution >= 0.6 is 11.8 Å². The molecule has 0 fully saturated rings. The lowest BCUT2D eigenvalue weighted by atomic mass is 9.91. The van der Waals surface area contributed by atoms with Crippen molar-refractivity contribution in [1.29, 1.82) is 0 Å². The Labute approximate surface area is 195 Å². The number of aliphatic imine (C=N–C) groups is 1. The molecule has 0 radical (unpaired) electrons. The number of H-pyrrole nitrogens is 1. The minimum absolute atomic E-state index is 0.0266. The van der Waals surface area contributed by atoms with Gasteiger partial charge in [-0.15, -0.1) is 0 Å². The highest BCUT2D eigenvalue weighted by atomic mass is 32.2. The minimum Gasteiger partial charge on any atom is -0.390 e. The third-order valence-corrected chi connectivity index (χ3v) is 6.96. The fourth-order valence-corrected chi connectivity index (χ4v) is 4.89. The molecular weight excluding hydrogens is 402 g/mol. The number of nitrogens with zero attached hydrogens (tertiary/aromatic N) is 3. The van der Waals surface area contributed by atoms with Crippen molar-refractivity contribution in [2.75, 3.05) is 11.5 Å². The Kier molecular flexibility index (Phi) is 15.5. The van der Waals surface area contributed by atoms with E-state index in [1.54, 1.807) is 6.20 Å². The van der Waals surface area contributed by atoms with Crippen LogP contribution in [0, 0.1) is 17.8 Å². The highest BCUT2D eigenvalue weighted by molar-refractivity contribution is 7.99. The Hall–Kier alpha value is -1.30. The van der Waals surface area contributed by atoms with Crippen molar-refractivity contribution in [2.45, 2.75) is 98.4 Å². The van der Waals surface area contributed by atoms with Gasteiger partial charge in [-0.3, -0.25) is 4.99 Å². The summed E-state index contributed by atoms with van der Waals surface area (Å²) >= 11 is 1.86. The predicted molar refractivity (Wildman–Crippen MR) is 138 cm³/mol. The van der Waals surface area contributed by atoms with E-state index < -0.39 is 0 Å². The normalized spacial score (nSPS) is 15.6. The van der Waals surface area contributed by atoms with E-state index in [4.69, 9.17) is 5.73 Å². The van der Waals surface area contributed by atoms with Crippen molar-refractivity contribution in [3.63, 3.8) is 0 Å². The van der Waals surface area contributed by atoms with Gasteiger partial charge in [0.15, 0.2) is 0 Å². The second kappa shape index (κ2) is 17.3. The van der Waals surface area contributed by atoms with Crippen molar-refractivity contribution >= 4 is 18.1 Å². The Bertz CT molecular complexity index is 597. The maximum absolute atomic E-state index is 5.47. The van der Waals surface area contributed by atoms with E-state index in [9.17, 15) is 0 Å². The first-order valence-corrected chi connectivity index (χ1v) is 13.4. The van der Waals surface area contributed by atoms with Crippen molar-refractivity contribution in [3.8, 4) is 0 Å². The first-order chi connectivity index (χ1) is 14.9. The van der Waals surface area contributed by atoms with E-state index in [0.29, 0.717) is 0 Å². The average Bonchev–Trinajstić information content (AvgIpc) is 3.24. The zero-order chi connectivity index (χ0) is 22.9. The Balaban J connectivity index is 2.10. The summed E-state index contributed by atoms with van der Waals surface area (Å²) in [5, 5.41) is 10.6. The van der Waals surface area contributed by atoms with Gasteiger partial charge in [0.2, 0.25) is 0 Å². The van der Waals surface area contributed by atoms with E-state index in [2.05, 4.69) is 61.1 Å². The lowest BCUT2D eigenvalue weighted by Gasteiger charge is -2.15. The lowest BCUT2D eigenvalue weighted by molar-refractivity contribution is 0.389. The van der Waals surface area contributed by atoms with Crippen LogP contribution in [0.15, 0.2) is 22.8 Å². The molecule has 1 aromatic rings. The molecule has 1 rings (SSSR count). The molecule has 1 heterocycles. The van der Waals surface area contributed by atoms with Crippen LogP contribution in [0.3, 0.4) is 0 Å². The SMILES string of the molecule is C/C(=C\CSCC(N=CN)c1cn[nH]n1)CCCC(C)CCCC(C)CCCC(C)C. The molecule has 0 aliphatic rings. The van der Waals surface area contributed by atoms with E-state index >= 15 is 0 Å². The quantitative estimate of drug-likeness (QED) is 0.110. The molecule has 1 aromatic heterocycles. The van der Waals surface area contributed by atoms with E-state index in [-0.39, 0.29) is 6.04 Å². The maximum Gasteiger partial charge on any atom is 0.108 e. The summed E-state index contributed by atoms with van der Waals surface area (Å²) < 4.78 is 0. The van der Waals surface area contributed by atoms with Crippen LogP contribution < -0.4 is 5.73 Å². The smallest absolute Gasteiger partial charge is 0.108 e. The Morgan fingerprint density at radius 3 is 2.29 bits per heavy atom. The maximum atomic E-state index is 5.47. The number of rotatable bonds is 18. The largest absolute Gasteiger partial charge is 0.390 e. The fourth-order valence-electron chi connectivity index (χ4n) is 3.87. The average molecular weight is 450 g/mol. The predicted octanol–water partition coefficient (Wildman–Crippen LogP) is 6.95. The molecule has 0 bridgehead atoms. The van der Waals surface area contributed by atoms with Gasteiger partial charge in [0.25, 0.3) is 0 Å². The van der Waals surface area contributed by atoms with Crippen molar-refractivity contribution in [2.24, 2.45) is 28.5 Å². The number of aromatic amines is 1. The topological polar surface area (TPSA) is 80.0 Å². The van der Waals surface area contributed by atoms with Crippen LogP contribution in [0.4, 0.5) is 0 Å². The summed E-state index contributed by atoms with van der Waals surface area (Å²) in [5.41, 5.74) is 7.81. The molecule has 3 N–H and O–H groups in total. The second-order valence-corrected chi connectivity index (χ2v) is 10.7. The van der Waals surface area contributed by atoms with Gasteiger partial charge in [0.05, 0.1) is 12.5 Å². The summed E-state index contributed by atoms with van der Waals surface area (Å²) in [6.07, 6.45) is 17.7. The summed E-state index contributed by atoms with van der Waals surface area (Å²) in [7, 11) is 0. The van der Waals surface area contributed by atoms with Gasteiger partial charge in [-0.1, -0.05) is 84.3 Å². The molecule has 0 aliphatic carbocycles. The molecule has 6 heteroatoms. The first-order valence-electron chi connectivity index (χ1n) is 12.2. The number of hydrogen-bond acceptors (Lipinski definition) is 4. The van der Waals surface area contributed by atoms with E-state index in [0.717, 1.165) is 35.0 Å². The van der Waals surface area contributed by atoms with Crippen molar-refractivity contribution in [3.05, 3.63) is 23.5 Å². The zero-order valence-corrected chi connectivity index (χ0v) is 21.5. The van der Waals surface area contributed by atoms with E-state index in [1.807, 2.05) is 11.8 Å². The van der Waals surface area contributed by atoms with Gasteiger partial charge in [0, 0.05) is 11.5 Å². The van der Waals surface area contributed by atoms with Gasteiger partial charge in [0.1, 0.15) is 11.7 Å². The van der Waals surface area contributed by atoms with Gasteiger partial charge in [-0.05, 0) is 37.5 Å². The molecule has 3 unspecified atom stereocenters. The van der Waals surface area contributed by atoms with Crippen molar-refractivity contribution in [1.82, 2.24) is 15.4 Å². The molecule has 0 spiro atoms. The molecule has 178 valence electrons. The molecule has 0 saturated carbocycles. The van der Waals surface area contributed by atoms with Gasteiger partial charge in [-0.2, -0.15) is 27.2 Å². The number of aromatic nitrogens is 3.